The van der Waals surface area contributed by atoms with Crippen LogP contribution in [-0.2, 0) is 0 Å². The maximum Gasteiger partial charge on any atom is 0.159 e. The molecule has 1 aromatic carbocycles. The van der Waals surface area contributed by atoms with Crippen molar-refractivity contribution in [3.63, 3.8) is 0 Å². The van der Waals surface area contributed by atoms with Gasteiger partial charge in [0.05, 0.1) is 12.4 Å². The van der Waals surface area contributed by atoms with Crippen molar-refractivity contribution >= 4 is 21.7 Å². The number of anilines is 1. The molecule has 1 fully saturated rings. The van der Waals surface area contributed by atoms with Gasteiger partial charge >= 0.3 is 0 Å². The third-order valence-electron chi connectivity index (χ3n) is 5.15. The lowest BCUT2D eigenvalue weighted by Crippen LogP contribution is -2.33. The van der Waals surface area contributed by atoms with Gasteiger partial charge in [-0.2, -0.15) is 0 Å². The van der Waals surface area contributed by atoms with Crippen molar-refractivity contribution in [2.75, 3.05) is 18.0 Å². The van der Waals surface area contributed by atoms with Crippen molar-refractivity contribution in [1.29, 1.82) is 0 Å². The molecule has 1 aliphatic heterocycles. The van der Waals surface area contributed by atoms with Crippen molar-refractivity contribution in [3.8, 4) is 5.82 Å². The van der Waals surface area contributed by atoms with E-state index in [1.165, 1.54) is 15.6 Å². The Hall–Kier alpha value is -2.21. The second-order valence-corrected chi connectivity index (χ2v) is 7.70. The Kier molecular flexibility index (Phi) is 4.76. The average Bonchev–Trinajstić information content (AvgIpc) is 3.10. The van der Waals surface area contributed by atoms with Gasteiger partial charge in [-0.15, -0.1) is 0 Å². The van der Waals surface area contributed by atoms with E-state index in [1.807, 2.05) is 23.9 Å². The topological polar surface area (TPSA) is 46.8 Å². The van der Waals surface area contributed by atoms with Crippen LogP contribution < -0.4 is 4.90 Å². The lowest BCUT2D eigenvalue weighted by Gasteiger charge is -2.33. The Morgan fingerprint density at radius 2 is 1.85 bits per heavy atom. The zero-order valence-electron chi connectivity index (χ0n) is 15.1. The molecule has 3 heterocycles. The Morgan fingerprint density at radius 3 is 2.54 bits per heavy atom. The first-order valence-electron chi connectivity index (χ1n) is 8.95. The third-order valence-corrected chi connectivity index (χ3v) is 6.04. The molecule has 134 valence electrons. The largest absolute Gasteiger partial charge is 0.355 e. The summed E-state index contributed by atoms with van der Waals surface area (Å²) in [4.78, 5) is 15.8. The fraction of sp³-hybridized carbons (Fsp3) is 0.350. The maximum absolute atomic E-state index is 4.80. The molecule has 0 N–H and O–H groups in total. The van der Waals surface area contributed by atoms with Crippen LogP contribution in [-0.4, -0.2) is 32.6 Å². The molecule has 3 aromatic rings. The van der Waals surface area contributed by atoms with Gasteiger partial charge in [-0.1, -0.05) is 28.1 Å². The highest BCUT2D eigenvalue weighted by molar-refractivity contribution is 9.10. The standard InChI is InChI=1S/C20H22BrN5/c1-14-11-17(3-4-18(14)21)16-5-8-25(9-6-16)19-12-22-13-20(24-19)26-10-7-23-15(26)2/h3-4,7,10-13,16H,5-6,8-9H2,1-2H3. The number of benzene rings is 1. The summed E-state index contributed by atoms with van der Waals surface area (Å²) in [5.74, 6) is 3.30. The highest BCUT2D eigenvalue weighted by Crippen LogP contribution is 2.31. The first-order chi connectivity index (χ1) is 12.6. The van der Waals surface area contributed by atoms with Crippen LogP contribution in [0.1, 0.15) is 35.7 Å². The minimum atomic E-state index is 0.616. The second kappa shape index (κ2) is 7.19. The number of aromatic nitrogens is 4. The first-order valence-corrected chi connectivity index (χ1v) is 9.74. The van der Waals surface area contributed by atoms with Crippen molar-refractivity contribution in [2.45, 2.75) is 32.6 Å². The van der Waals surface area contributed by atoms with Crippen LogP contribution in [0, 0.1) is 13.8 Å². The molecule has 0 bridgehead atoms. The van der Waals surface area contributed by atoms with Gasteiger partial charge < -0.3 is 4.90 Å². The van der Waals surface area contributed by atoms with E-state index in [4.69, 9.17) is 4.98 Å². The number of hydrogen-bond donors (Lipinski definition) is 0. The Balaban J connectivity index is 1.48. The molecule has 0 saturated carbocycles. The molecular formula is C20H22BrN5. The van der Waals surface area contributed by atoms with Gasteiger partial charge in [0, 0.05) is 30.0 Å². The minimum absolute atomic E-state index is 0.616. The zero-order valence-corrected chi connectivity index (χ0v) is 16.6. The molecule has 6 heteroatoms. The normalized spacial score (nSPS) is 15.4. The van der Waals surface area contributed by atoms with Crippen LogP contribution in [0.25, 0.3) is 5.82 Å². The fourth-order valence-electron chi connectivity index (χ4n) is 3.60. The lowest BCUT2D eigenvalue weighted by atomic mass is 9.89. The zero-order chi connectivity index (χ0) is 18.1. The van der Waals surface area contributed by atoms with E-state index < -0.39 is 0 Å². The molecule has 1 saturated heterocycles. The van der Waals surface area contributed by atoms with Crippen molar-refractivity contribution in [1.82, 2.24) is 19.5 Å². The predicted octanol–water partition coefficient (Wildman–Crippen LogP) is 4.43. The quantitative estimate of drug-likeness (QED) is 0.639. The summed E-state index contributed by atoms with van der Waals surface area (Å²) in [5, 5.41) is 0. The van der Waals surface area contributed by atoms with E-state index >= 15 is 0 Å². The number of piperidine rings is 1. The first kappa shape index (κ1) is 17.2. The molecule has 1 aliphatic rings. The van der Waals surface area contributed by atoms with Gasteiger partial charge in [-0.05, 0) is 49.8 Å². The minimum Gasteiger partial charge on any atom is -0.355 e. The van der Waals surface area contributed by atoms with E-state index in [0.29, 0.717) is 5.92 Å². The molecule has 0 spiro atoms. The summed E-state index contributed by atoms with van der Waals surface area (Å²) in [6, 6.07) is 6.73. The Morgan fingerprint density at radius 1 is 1.08 bits per heavy atom. The van der Waals surface area contributed by atoms with Crippen LogP contribution in [0.4, 0.5) is 5.82 Å². The van der Waals surface area contributed by atoms with Crippen LogP contribution in [0.15, 0.2) is 47.5 Å². The molecule has 0 amide bonds. The van der Waals surface area contributed by atoms with Gasteiger partial charge in [0.2, 0.25) is 0 Å². The van der Waals surface area contributed by atoms with Crippen LogP contribution >= 0.6 is 15.9 Å². The van der Waals surface area contributed by atoms with Gasteiger partial charge in [-0.3, -0.25) is 9.55 Å². The van der Waals surface area contributed by atoms with Crippen molar-refractivity contribution < 1.29 is 0 Å². The highest BCUT2D eigenvalue weighted by atomic mass is 79.9. The number of rotatable bonds is 3. The molecule has 4 rings (SSSR count). The SMILES string of the molecule is Cc1cc(C2CCN(c3cncc(-n4ccnc4C)n3)CC2)ccc1Br. The summed E-state index contributed by atoms with van der Waals surface area (Å²) in [7, 11) is 0. The molecule has 26 heavy (non-hydrogen) atoms. The number of aryl methyl sites for hydroxylation is 2. The monoisotopic (exact) mass is 411 g/mol. The summed E-state index contributed by atoms with van der Waals surface area (Å²) in [6.07, 6.45) is 9.63. The van der Waals surface area contributed by atoms with E-state index in [2.05, 4.69) is 55.9 Å². The van der Waals surface area contributed by atoms with E-state index in [9.17, 15) is 0 Å². The summed E-state index contributed by atoms with van der Waals surface area (Å²) in [5.41, 5.74) is 2.75. The maximum atomic E-state index is 4.80. The predicted molar refractivity (Wildman–Crippen MR) is 107 cm³/mol. The van der Waals surface area contributed by atoms with E-state index in [1.54, 1.807) is 12.4 Å². The Bertz CT molecular complexity index is 912. The molecule has 5 nitrogen and oxygen atoms in total. The van der Waals surface area contributed by atoms with Crippen molar-refractivity contribution in [3.05, 3.63) is 64.4 Å². The summed E-state index contributed by atoms with van der Waals surface area (Å²) in [6.45, 7) is 6.13. The highest BCUT2D eigenvalue weighted by Gasteiger charge is 2.22. The van der Waals surface area contributed by atoms with Crippen molar-refractivity contribution in [2.24, 2.45) is 0 Å². The van der Waals surface area contributed by atoms with Gasteiger partial charge in [0.15, 0.2) is 5.82 Å². The van der Waals surface area contributed by atoms with E-state index in [-0.39, 0.29) is 0 Å². The van der Waals surface area contributed by atoms with Crippen LogP contribution in [0.3, 0.4) is 0 Å². The van der Waals surface area contributed by atoms with Gasteiger partial charge in [-0.25, -0.2) is 9.97 Å². The third kappa shape index (κ3) is 3.38. The number of halogens is 1. The molecule has 0 unspecified atom stereocenters. The smallest absolute Gasteiger partial charge is 0.159 e. The molecular weight excluding hydrogens is 390 g/mol. The second-order valence-electron chi connectivity index (χ2n) is 6.85. The fourth-order valence-corrected chi connectivity index (χ4v) is 3.84. The van der Waals surface area contributed by atoms with E-state index in [0.717, 1.165) is 43.4 Å². The average molecular weight is 412 g/mol. The number of nitrogens with zero attached hydrogens (tertiary/aromatic N) is 5. The van der Waals surface area contributed by atoms with Gasteiger partial charge in [0.1, 0.15) is 11.6 Å². The number of hydrogen-bond acceptors (Lipinski definition) is 4. The molecule has 0 radical (unpaired) electrons. The number of imidazole rings is 1. The molecule has 0 aliphatic carbocycles. The van der Waals surface area contributed by atoms with Crippen LogP contribution in [0.5, 0.6) is 0 Å². The summed E-state index contributed by atoms with van der Waals surface area (Å²) < 4.78 is 3.15. The molecule has 2 aromatic heterocycles. The molecule has 0 atom stereocenters. The Labute approximate surface area is 162 Å². The lowest BCUT2D eigenvalue weighted by molar-refractivity contribution is 0.502. The van der Waals surface area contributed by atoms with Gasteiger partial charge in [0.25, 0.3) is 0 Å². The summed E-state index contributed by atoms with van der Waals surface area (Å²) >= 11 is 3.59. The van der Waals surface area contributed by atoms with Crippen LogP contribution in [0.2, 0.25) is 0 Å².